The van der Waals surface area contributed by atoms with Gasteiger partial charge in [0.1, 0.15) is 5.82 Å². The quantitative estimate of drug-likeness (QED) is 0.818. The Labute approximate surface area is 105 Å². The van der Waals surface area contributed by atoms with Crippen LogP contribution in [-0.4, -0.2) is 32.1 Å². The number of pyridine rings is 1. The molecular formula is C13H17FN4. The molecule has 2 aromatic rings. The summed E-state index contributed by atoms with van der Waals surface area (Å²) in [6, 6.07) is 3.81. The predicted octanol–water partition coefficient (Wildman–Crippen LogP) is 2.41. The maximum absolute atomic E-state index is 13.3. The summed E-state index contributed by atoms with van der Waals surface area (Å²) in [5.41, 5.74) is 0.710. The van der Waals surface area contributed by atoms with Crippen molar-refractivity contribution < 1.29 is 4.39 Å². The molecule has 0 aliphatic carbocycles. The van der Waals surface area contributed by atoms with E-state index < -0.39 is 0 Å². The second-order valence-corrected chi connectivity index (χ2v) is 5.12. The molecule has 0 spiro atoms. The number of nitrogens with zero attached hydrogens (tertiary/aromatic N) is 4. The smallest absolute Gasteiger partial charge is 0.160 e. The van der Waals surface area contributed by atoms with Crippen molar-refractivity contribution in [3.63, 3.8) is 0 Å². The third kappa shape index (κ3) is 1.79. The minimum Gasteiger partial charge on any atom is -0.291 e. The number of hydrogen-bond donors (Lipinski definition) is 0. The van der Waals surface area contributed by atoms with Crippen molar-refractivity contribution in [1.29, 1.82) is 0 Å². The summed E-state index contributed by atoms with van der Waals surface area (Å²) < 4.78 is 15.1. The molecule has 0 N–H and O–H groups in total. The van der Waals surface area contributed by atoms with Gasteiger partial charge in [-0.2, -0.15) is 0 Å². The third-order valence-corrected chi connectivity index (χ3v) is 3.65. The van der Waals surface area contributed by atoms with Crippen molar-refractivity contribution in [2.24, 2.45) is 0 Å². The Morgan fingerprint density at radius 3 is 2.94 bits per heavy atom. The van der Waals surface area contributed by atoms with Gasteiger partial charge in [-0.1, -0.05) is 0 Å². The van der Waals surface area contributed by atoms with Crippen LogP contribution in [0.3, 0.4) is 0 Å². The van der Waals surface area contributed by atoms with Crippen LogP contribution in [0.4, 0.5) is 4.39 Å². The Morgan fingerprint density at radius 1 is 1.33 bits per heavy atom. The molecule has 3 heterocycles. The monoisotopic (exact) mass is 248 g/mol. The predicted molar refractivity (Wildman–Crippen MR) is 66.8 cm³/mol. The first-order valence-electron chi connectivity index (χ1n) is 6.43. The first-order chi connectivity index (χ1) is 8.66. The van der Waals surface area contributed by atoms with Gasteiger partial charge in [-0.25, -0.2) is 4.39 Å². The topological polar surface area (TPSA) is 33.4 Å². The van der Waals surface area contributed by atoms with Gasteiger partial charge in [-0.15, -0.1) is 10.2 Å². The molecule has 0 radical (unpaired) electrons. The average molecular weight is 248 g/mol. The number of fused-ring (bicyclic) bond motifs is 1. The molecule has 4 nitrogen and oxygen atoms in total. The molecule has 1 aliphatic heterocycles. The van der Waals surface area contributed by atoms with Crippen LogP contribution in [0.1, 0.15) is 38.6 Å². The number of halogens is 1. The van der Waals surface area contributed by atoms with Crippen LogP contribution in [0.25, 0.3) is 5.65 Å². The summed E-state index contributed by atoms with van der Waals surface area (Å²) in [5.74, 6) is 0.605. The number of likely N-dealkylation sites (tertiary alicyclic amines) is 1. The molecule has 18 heavy (non-hydrogen) atoms. The molecule has 1 unspecified atom stereocenters. The van der Waals surface area contributed by atoms with E-state index in [2.05, 4.69) is 28.9 Å². The summed E-state index contributed by atoms with van der Waals surface area (Å²) in [4.78, 5) is 2.40. The molecule has 1 atom stereocenters. The Balaban J connectivity index is 2.06. The number of hydrogen-bond acceptors (Lipinski definition) is 3. The first kappa shape index (κ1) is 11.6. The molecule has 1 aliphatic rings. The summed E-state index contributed by atoms with van der Waals surface area (Å²) in [5, 5.41) is 8.37. The Kier molecular flexibility index (Phi) is 2.78. The molecule has 5 heteroatoms. The lowest BCUT2D eigenvalue weighted by molar-refractivity contribution is 0.197. The molecule has 96 valence electrons. The Morgan fingerprint density at radius 2 is 2.17 bits per heavy atom. The normalized spacial score (nSPS) is 21.2. The van der Waals surface area contributed by atoms with Crippen molar-refractivity contribution in [3.8, 4) is 0 Å². The van der Waals surface area contributed by atoms with E-state index in [9.17, 15) is 4.39 Å². The fourth-order valence-electron chi connectivity index (χ4n) is 2.79. The zero-order chi connectivity index (χ0) is 12.7. The van der Waals surface area contributed by atoms with Gasteiger partial charge in [0.05, 0.1) is 6.04 Å². The second-order valence-electron chi connectivity index (χ2n) is 5.12. The minimum absolute atomic E-state index is 0.252. The molecule has 1 fully saturated rings. The summed E-state index contributed by atoms with van der Waals surface area (Å²) >= 11 is 0. The molecule has 1 saturated heterocycles. The fourth-order valence-corrected chi connectivity index (χ4v) is 2.79. The van der Waals surface area contributed by atoms with E-state index in [-0.39, 0.29) is 11.9 Å². The van der Waals surface area contributed by atoms with Gasteiger partial charge in [-0.3, -0.25) is 9.30 Å². The standard InChI is InChI=1S/C13H17FN4/c1-9(2)17-7-3-4-11(17)13-16-15-12-6-5-10(14)8-18(12)13/h5-6,8-9,11H,3-4,7H2,1-2H3. The maximum Gasteiger partial charge on any atom is 0.160 e. The van der Waals surface area contributed by atoms with Gasteiger partial charge in [0.15, 0.2) is 11.5 Å². The molecule has 3 rings (SSSR count). The van der Waals surface area contributed by atoms with E-state index in [4.69, 9.17) is 0 Å². The highest BCUT2D eigenvalue weighted by Gasteiger charge is 2.31. The number of aromatic nitrogens is 3. The highest BCUT2D eigenvalue weighted by atomic mass is 19.1. The third-order valence-electron chi connectivity index (χ3n) is 3.65. The molecule has 0 saturated carbocycles. The molecule has 0 aromatic carbocycles. The van der Waals surface area contributed by atoms with Gasteiger partial charge in [0.25, 0.3) is 0 Å². The van der Waals surface area contributed by atoms with Crippen LogP contribution in [0.5, 0.6) is 0 Å². The molecule has 2 aromatic heterocycles. The van der Waals surface area contributed by atoms with E-state index in [1.807, 2.05) is 0 Å². The van der Waals surface area contributed by atoms with Crippen molar-refractivity contribution in [2.75, 3.05) is 6.54 Å². The average Bonchev–Trinajstić information content (AvgIpc) is 2.92. The van der Waals surface area contributed by atoms with Crippen LogP contribution in [-0.2, 0) is 0 Å². The van der Waals surface area contributed by atoms with Crippen molar-refractivity contribution in [1.82, 2.24) is 19.5 Å². The first-order valence-corrected chi connectivity index (χ1v) is 6.43. The lowest BCUT2D eigenvalue weighted by atomic mass is 10.2. The van der Waals surface area contributed by atoms with Gasteiger partial charge in [0.2, 0.25) is 0 Å². The zero-order valence-corrected chi connectivity index (χ0v) is 10.7. The van der Waals surface area contributed by atoms with Crippen LogP contribution in [0.15, 0.2) is 18.3 Å². The Hall–Kier alpha value is -1.49. The minimum atomic E-state index is -0.252. The highest BCUT2D eigenvalue weighted by Crippen LogP contribution is 2.32. The van der Waals surface area contributed by atoms with Gasteiger partial charge < -0.3 is 0 Å². The highest BCUT2D eigenvalue weighted by molar-refractivity contribution is 5.38. The van der Waals surface area contributed by atoms with Crippen molar-refractivity contribution >= 4 is 5.65 Å². The summed E-state index contributed by atoms with van der Waals surface area (Å²) in [6.07, 6.45) is 3.70. The van der Waals surface area contributed by atoms with E-state index >= 15 is 0 Å². The summed E-state index contributed by atoms with van der Waals surface area (Å²) in [6.45, 7) is 5.44. The lowest BCUT2D eigenvalue weighted by Crippen LogP contribution is -2.31. The number of rotatable bonds is 2. The van der Waals surface area contributed by atoms with E-state index in [0.29, 0.717) is 11.7 Å². The fraction of sp³-hybridized carbons (Fsp3) is 0.538. The summed E-state index contributed by atoms with van der Waals surface area (Å²) in [7, 11) is 0. The van der Waals surface area contributed by atoms with Gasteiger partial charge >= 0.3 is 0 Å². The Bertz CT molecular complexity index is 563. The lowest BCUT2D eigenvalue weighted by Gasteiger charge is -2.26. The van der Waals surface area contributed by atoms with Crippen LogP contribution < -0.4 is 0 Å². The van der Waals surface area contributed by atoms with E-state index in [0.717, 1.165) is 25.2 Å². The zero-order valence-electron chi connectivity index (χ0n) is 10.7. The van der Waals surface area contributed by atoms with Crippen LogP contribution >= 0.6 is 0 Å². The van der Waals surface area contributed by atoms with E-state index in [1.165, 1.54) is 12.3 Å². The van der Waals surface area contributed by atoms with Crippen molar-refractivity contribution in [2.45, 2.75) is 38.8 Å². The molecule has 0 amide bonds. The SMILES string of the molecule is CC(C)N1CCCC1c1nnc2ccc(F)cn12. The second kappa shape index (κ2) is 4.31. The maximum atomic E-state index is 13.3. The van der Waals surface area contributed by atoms with E-state index in [1.54, 1.807) is 10.5 Å². The molecule has 0 bridgehead atoms. The van der Waals surface area contributed by atoms with Crippen LogP contribution in [0, 0.1) is 5.82 Å². The van der Waals surface area contributed by atoms with Crippen LogP contribution in [0.2, 0.25) is 0 Å². The largest absolute Gasteiger partial charge is 0.291 e. The molecular weight excluding hydrogens is 231 g/mol. The van der Waals surface area contributed by atoms with Gasteiger partial charge in [-0.05, 0) is 45.4 Å². The van der Waals surface area contributed by atoms with Crippen molar-refractivity contribution in [3.05, 3.63) is 30.0 Å². The van der Waals surface area contributed by atoms with Gasteiger partial charge in [0, 0.05) is 12.2 Å².